The van der Waals surface area contributed by atoms with Crippen LogP contribution in [0, 0.1) is 0 Å². The molecule has 0 amide bonds. The molecule has 1 heterocycles. The Labute approximate surface area is 73.9 Å². The molecule has 0 aliphatic carbocycles. The van der Waals surface area contributed by atoms with Gasteiger partial charge in [-0.3, -0.25) is 0 Å². The summed E-state index contributed by atoms with van der Waals surface area (Å²) in [5.74, 6) is 0.733. The van der Waals surface area contributed by atoms with Crippen molar-refractivity contribution in [1.29, 1.82) is 0 Å². The van der Waals surface area contributed by atoms with Crippen LogP contribution in [0.15, 0.2) is 16.7 Å². The van der Waals surface area contributed by atoms with Crippen molar-refractivity contribution in [3.05, 3.63) is 22.4 Å². The van der Waals surface area contributed by atoms with Gasteiger partial charge in [0.25, 0.3) is 0 Å². The van der Waals surface area contributed by atoms with Crippen LogP contribution in [0.5, 0.6) is 0 Å². The molecule has 0 aromatic carbocycles. The van der Waals surface area contributed by atoms with Crippen molar-refractivity contribution in [2.45, 2.75) is 12.8 Å². The number of alkyl halides is 1. The third kappa shape index (κ3) is 2.35. The van der Waals surface area contributed by atoms with Crippen LogP contribution in [0.1, 0.15) is 12.1 Å². The molecule has 1 aromatic heterocycles. The van der Waals surface area contributed by atoms with E-state index in [0.717, 1.165) is 23.3 Å². The first-order valence-corrected chi connectivity index (χ1v) is 4.55. The Morgan fingerprint density at radius 1 is 1.50 bits per heavy atom. The Hall–Kier alpha value is 0.0500. The van der Waals surface area contributed by atoms with Crippen molar-refractivity contribution in [3.8, 4) is 0 Å². The lowest BCUT2D eigenvalue weighted by molar-refractivity contribution is 0.896. The summed E-state index contributed by atoms with van der Waals surface area (Å²) in [6, 6.07) is 4.07. The third-order valence-corrected chi connectivity index (χ3v) is 2.02. The van der Waals surface area contributed by atoms with Crippen molar-refractivity contribution in [2.75, 3.05) is 5.88 Å². The standard InChI is InChI=1S/C7H9BrClN/c8-7-4-3-6(10-7)2-1-5-9/h3-4,10H,1-2,5H2. The van der Waals surface area contributed by atoms with E-state index in [-0.39, 0.29) is 0 Å². The summed E-state index contributed by atoms with van der Waals surface area (Å²) in [7, 11) is 0. The third-order valence-electron chi connectivity index (χ3n) is 1.29. The van der Waals surface area contributed by atoms with Crippen LogP contribution in [-0.2, 0) is 6.42 Å². The molecule has 56 valence electrons. The zero-order chi connectivity index (χ0) is 7.40. The number of H-pyrrole nitrogens is 1. The highest BCUT2D eigenvalue weighted by molar-refractivity contribution is 9.10. The van der Waals surface area contributed by atoms with Gasteiger partial charge in [-0.05, 0) is 40.9 Å². The maximum Gasteiger partial charge on any atom is 0.0822 e. The Morgan fingerprint density at radius 3 is 2.80 bits per heavy atom. The average Bonchev–Trinajstić information content (AvgIpc) is 2.31. The van der Waals surface area contributed by atoms with Gasteiger partial charge in [0.05, 0.1) is 4.60 Å². The van der Waals surface area contributed by atoms with Gasteiger partial charge < -0.3 is 4.98 Å². The predicted octanol–water partition coefficient (Wildman–Crippen LogP) is 2.95. The highest BCUT2D eigenvalue weighted by Gasteiger charge is 1.93. The van der Waals surface area contributed by atoms with Crippen LogP contribution in [0.25, 0.3) is 0 Å². The van der Waals surface area contributed by atoms with Gasteiger partial charge in [0, 0.05) is 11.6 Å². The van der Waals surface area contributed by atoms with E-state index >= 15 is 0 Å². The molecule has 10 heavy (non-hydrogen) atoms. The second-order valence-corrected chi connectivity index (χ2v) is 3.36. The van der Waals surface area contributed by atoms with Crippen molar-refractivity contribution in [3.63, 3.8) is 0 Å². The van der Waals surface area contributed by atoms with Gasteiger partial charge in [-0.2, -0.15) is 0 Å². The molecular weight excluding hydrogens is 213 g/mol. The summed E-state index contributed by atoms with van der Waals surface area (Å²) in [5.41, 5.74) is 1.24. The first-order valence-electron chi connectivity index (χ1n) is 3.22. The maximum absolute atomic E-state index is 5.53. The minimum atomic E-state index is 0.733. The number of aromatic nitrogens is 1. The van der Waals surface area contributed by atoms with Crippen LogP contribution in [-0.4, -0.2) is 10.9 Å². The smallest absolute Gasteiger partial charge is 0.0822 e. The molecule has 0 spiro atoms. The topological polar surface area (TPSA) is 15.8 Å². The fourth-order valence-electron chi connectivity index (χ4n) is 0.814. The van der Waals surface area contributed by atoms with Gasteiger partial charge in [-0.25, -0.2) is 0 Å². The Kier molecular flexibility index (Phi) is 3.29. The van der Waals surface area contributed by atoms with E-state index in [2.05, 4.69) is 27.0 Å². The zero-order valence-corrected chi connectivity index (χ0v) is 7.87. The first kappa shape index (κ1) is 8.15. The van der Waals surface area contributed by atoms with Gasteiger partial charge >= 0.3 is 0 Å². The minimum Gasteiger partial charge on any atom is -0.353 e. The van der Waals surface area contributed by atoms with E-state index in [1.165, 1.54) is 5.69 Å². The molecule has 0 unspecified atom stereocenters. The minimum absolute atomic E-state index is 0.733. The molecule has 0 saturated heterocycles. The molecule has 0 bridgehead atoms. The van der Waals surface area contributed by atoms with Gasteiger partial charge in [0.15, 0.2) is 0 Å². The lowest BCUT2D eigenvalue weighted by Crippen LogP contribution is -1.84. The summed E-state index contributed by atoms with van der Waals surface area (Å²) in [4.78, 5) is 3.17. The van der Waals surface area contributed by atoms with Crippen LogP contribution in [0.2, 0.25) is 0 Å². The molecule has 0 aliphatic rings. The van der Waals surface area contributed by atoms with Gasteiger partial charge in [-0.15, -0.1) is 11.6 Å². The van der Waals surface area contributed by atoms with E-state index in [1.807, 2.05) is 6.07 Å². The molecule has 0 fully saturated rings. The molecule has 3 heteroatoms. The van der Waals surface area contributed by atoms with Crippen molar-refractivity contribution >= 4 is 27.5 Å². The fraction of sp³-hybridized carbons (Fsp3) is 0.429. The molecule has 1 nitrogen and oxygen atoms in total. The number of hydrogen-bond donors (Lipinski definition) is 1. The largest absolute Gasteiger partial charge is 0.353 e. The Balaban J connectivity index is 2.42. The van der Waals surface area contributed by atoms with E-state index in [1.54, 1.807) is 0 Å². The number of halogens is 2. The number of aromatic amines is 1. The molecule has 1 rings (SSSR count). The first-order chi connectivity index (χ1) is 4.83. The van der Waals surface area contributed by atoms with Gasteiger partial charge in [0.1, 0.15) is 0 Å². The van der Waals surface area contributed by atoms with Crippen molar-refractivity contribution in [2.24, 2.45) is 0 Å². The van der Waals surface area contributed by atoms with Crippen LogP contribution < -0.4 is 0 Å². The summed E-state index contributed by atoms with van der Waals surface area (Å²) in [6.07, 6.45) is 2.07. The second kappa shape index (κ2) is 4.04. The van der Waals surface area contributed by atoms with Crippen molar-refractivity contribution < 1.29 is 0 Å². The number of nitrogens with one attached hydrogen (secondary N) is 1. The average molecular weight is 223 g/mol. The van der Waals surface area contributed by atoms with Crippen molar-refractivity contribution in [1.82, 2.24) is 4.98 Å². The Morgan fingerprint density at radius 2 is 2.30 bits per heavy atom. The lowest BCUT2D eigenvalue weighted by Gasteiger charge is -1.91. The molecule has 1 aromatic rings. The highest BCUT2D eigenvalue weighted by atomic mass is 79.9. The normalized spacial score (nSPS) is 10.2. The number of rotatable bonds is 3. The summed E-state index contributed by atoms with van der Waals surface area (Å²) in [5, 5.41) is 0. The molecule has 0 radical (unpaired) electrons. The molecule has 0 aliphatic heterocycles. The maximum atomic E-state index is 5.53. The molecular formula is C7H9BrClN. The second-order valence-electron chi connectivity index (χ2n) is 2.12. The fourth-order valence-corrected chi connectivity index (χ4v) is 1.33. The van der Waals surface area contributed by atoms with E-state index in [4.69, 9.17) is 11.6 Å². The quantitative estimate of drug-likeness (QED) is 0.757. The zero-order valence-electron chi connectivity index (χ0n) is 5.53. The van der Waals surface area contributed by atoms with Crippen LogP contribution >= 0.6 is 27.5 Å². The SMILES string of the molecule is ClCCCc1ccc(Br)[nH]1. The van der Waals surface area contributed by atoms with Crippen LogP contribution in [0.3, 0.4) is 0 Å². The summed E-state index contributed by atoms with van der Waals surface area (Å²) in [6.45, 7) is 0. The molecule has 1 N–H and O–H groups in total. The van der Waals surface area contributed by atoms with Crippen LogP contribution in [0.4, 0.5) is 0 Å². The van der Waals surface area contributed by atoms with E-state index in [0.29, 0.717) is 0 Å². The molecule has 0 saturated carbocycles. The van der Waals surface area contributed by atoms with Gasteiger partial charge in [0.2, 0.25) is 0 Å². The van der Waals surface area contributed by atoms with E-state index < -0.39 is 0 Å². The van der Waals surface area contributed by atoms with Gasteiger partial charge in [-0.1, -0.05) is 0 Å². The number of aryl methyl sites for hydroxylation is 1. The lowest BCUT2D eigenvalue weighted by atomic mass is 10.3. The van der Waals surface area contributed by atoms with E-state index in [9.17, 15) is 0 Å². The highest BCUT2D eigenvalue weighted by Crippen LogP contribution is 2.09. The monoisotopic (exact) mass is 221 g/mol. The Bertz CT molecular complexity index is 197. The number of hydrogen-bond acceptors (Lipinski definition) is 0. The predicted molar refractivity (Wildman–Crippen MR) is 47.5 cm³/mol. The molecule has 0 atom stereocenters. The summed E-state index contributed by atoms with van der Waals surface area (Å²) >= 11 is 8.87. The summed E-state index contributed by atoms with van der Waals surface area (Å²) < 4.78 is 1.04.